The van der Waals surface area contributed by atoms with E-state index in [1.165, 1.54) is 12.1 Å². The maximum Gasteiger partial charge on any atom is 0.255 e. The fourth-order valence-corrected chi connectivity index (χ4v) is 2.75. The molecule has 112 valence electrons. The van der Waals surface area contributed by atoms with Gasteiger partial charge in [0.2, 0.25) is 0 Å². The van der Waals surface area contributed by atoms with Crippen LogP contribution in [0.3, 0.4) is 0 Å². The van der Waals surface area contributed by atoms with Gasteiger partial charge in [0.15, 0.2) is 0 Å². The van der Waals surface area contributed by atoms with Crippen molar-refractivity contribution < 1.29 is 14.3 Å². The molecule has 21 heavy (non-hydrogen) atoms. The predicted molar refractivity (Wildman–Crippen MR) is 76.2 cm³/mol. The van der Waals surface area contributed by atoms with E-state index in [0.29, 0.717) is 12.8 Å². The normalized spacial score (nSPS) is 18.1. The van der Waals surface area contributed by atoms with Crippen LogP contribution >= 0.6 is 0 Å². The number of rotatable bonds is 2. The summed E-state index contributed by atoms with van der Waals surface area (Å²) in [5.74, 6) is -1.62. The molecule has 0 aromatic heterocycles. The molecule has 5 heteroatoms. The van der Waals surface area contributed by atoms with E-state index in [0.717, 1.165) is 38.2 Å². The molecule has 0 atom stereocenters. The number of benzene rings is 1. The molecule has 1 aromatic rings. The lowest BCUT2D eigenvalue weighted by molar-refractivity contribution is 0.0903. The molecule has 0 aliphatic heterocycles. The molecule has 4 nitrogen and oxygen atoms in total. The van der Waals surface area contributed by atoms with Crippen LogP contribution in [0.25, 0.3) is 0 Å². The van der Waals surface area contributed by atoms with Crippen molar-refractivity contribution in [2.75, 3.05) is 0 Å². The van der Waals surface area contributed by atoms with Crippen molar-refractivity contribution in [1.82, 2.24) is 5.32 Å². The Kier molecular flexibility index (Phi) is 4.79. The van der Waals surface area contributed by atoms with Crippen LogP contribution in [0, 0.1) is 17.1 Å². The number of halogens is 1. The molecule has 1 saturated carbocycles. The van der Waals surface area contributed by atoms with Gasteiger partial charge in [0.25, 0.3) is 5.91 Å². The highest BCUT2D eigenvalue weighted by atomic mass is 19.1. The van der Waals surface area contributed by atoms with E-state index in [1.807, 2.05) is 0 Å². The molecule has 0 radical (unpaired) electrons. The van der Waals surface area contributed by atoms with Gasteiger partial charge in [0, 0.05) is 6.07 Å². The number of nitriles is 1. The monoisotopic (exact) mass is 290 g/mol. The van der Waals surface area contributed by atoms with Crippen LogP contribution in [0.1, 0.15) is 55.3 Å². The summed E-state index contributed by atoms with van der Waals surface area (Å²) in [6.07, 6.45) is 6.20. The van der Waals surface area contributed by atoms with E-state index in [1.54, 1.807) is 0 Å². The van der Waals surface area contributed by atoms with Gasteiger partial charge in [-0.1, -0.05) is 32.1 Å². The van der Waals surface area contributed by atoms with Crippen LogP contribution in [-0.4, -0.2) is 16.6 Å². The number of nitrogens with zero attached hydrogens (tertiary/aromatic N) is 1. The molecular weight excluding hydrogens is 271 g/mol. The summed E-state index contributed by atoms with van der Waals surface area (Å²) in [6, 6.07) is 5.60. The molecule has 1 aliphatic rings. The Morgan fingerprint density at radius 2 is 1.86 bits per heavy atom. The molecular formula is C16H19FN2O2. The van der Waals surface area contributed by atoms with E-state index < -0.39 is 17.3 Å². The molecule has 1 aliphatic carbocycles. The molecule has 2 rings (SSSR count). The zero-order valence-corrected chi connectivity index (χ0v) is 11.9. The highest BCUT2D eigenvalue weighted by Gasteiger charge is 2.32. The Balaban J connectivity index is 2.16. The lowest BCUT2D eigenvalue weighted by Crippen LogP contribution is -2.48. The topological polar surface area (TPSA) is 73.1 Å². The van der Waals surface area contributed by atoms with E-state index in [4.69, 9.17) is 0 Å². The van der Waals surface area contributed by atoms with Gasteiger partial charge in [0.1, 0.15) is 17.1 Å². The van der Waals surface area contributed by atoms with Crippen molar-refractivity contribution in [3.05, 3.63) is 29.6 Å². The number of phenolic OH excluding ortho intramolecular Hbond substituents is 1. The lowest BCUT2D eigenvalue weighted by atomic mass is 9.85. The molecule has 1 aromatic carbocycles. The fourth-order valence-electron chi connectivity index (χ4n) is 2.75. The molecule has 0 spiro atoms. The first-order valence-electron chi connectivity index (χ1n) is 7.29. The predicted octanol–water partition coefficient (Wildman–Crippen LogP) is 3.27. The third kappa shape index (κ3) is 3.72. The second-order valence-corrected chi connectivity index (χ2v) is 5.58. The Morgan fingerprint density at radius 3 is 2.43 bits per heavy atom. The van der Waals surface area contributed by atoms with Gasteiger partial charge in [-0.15, -0.1) is 0 Å². The van der Waals surface area contributed by atoms with Gasteiger partial charge in [-0.2, -0.15) is 5.26 Å². The molecule has 1 amide bonds. The van der Waals surface area contributed by atoms with Crippen molar-refractivity contribution in [3.8, 4) is 11.8 Å². The number of hydrogen-bond acceptors (Lipinski definition) is 3. The zero-order valence-electron chi connectivity index (χ0n) is 11.9. The number of nitrogens with one attached hydrogen (secondary N) is 1. The molecule has 1 fully saturated rings. The highest BCUT2D eigenvalue weighted by molar-refractivity contribution is 5.95. The van der Waals surface area contributed by atoms with Gasteiger partial charge in [-0.25, -0.2) is 4.39 Å². The number of carbonyl (C=O) groups excluding carboxylic acids is 1. The number of carbonyl (C=O) groups is 1. The fraction of sp³-hybridized carbons (Fsp3) is 0.500. The average molecular weight is 290 g/mol. The molecule has 0 saturated heterocycles. The molecule has 2 N–H and O–H groups in total. The van der Waals surface area contributed by atoms with Crippen LogP contribution in [0.5, 0.6) is 5.75 Å². The zero-order chi connectivity index (χ0) is 15.3. The third-order valence-corrected chi connectivity index (χ3v) is 3.97. The van der Waals surface area contributed by atoms with Crippen molar-refractivity contribution in [1.29, 1.82) is 5.26 Å². The lowest BCUT2D eigenvalue weighted by Gasteiger charge is -2.29. The molecule has 0 unspecified atom stereocenters. The third-order valence-electron chi connectivity index (χ3n) is 3.97. The number of hydrogen-bond donors (Lipinski definition) is 2. The number of amides is 1. The maximum absolute atomic E-state index is 13.7. The highest BCUT2D eigenvalue weighted by Crippen LogP contribution is 2.26. The summed E-state index contributed by atoms with van der Waals surface area (Å²) in [4.78, 5) is 12.2. The summed E-state index contributed by atoms with van der Waals surface area (Å²) in [5.41, 5.74) is -1.06. The Bertz CT molecular complexity index is 558. The SMILES string of the molecule is N#CC1(NC(=O)c2ccc(O)cc2F)CCCCCCC1. The van der Waals surface area contributed by atoms with E-state index in [2.05, 4.69) is 11.4 Å². The molecule has 0 bridgehead atoms. The summed E-state index contributed by atoms with van der Waals surface area (Å²) >= 11 is 0. The Hall–Kier alpha value is -2.09. The van der Waals surface area contributed by atoms with Gasteiger partial charge in [-0.05, 0) is 25.0 Å². The quantitative estimate of drug-likeness (QED) is 0.878. The van der Waals surface area contributed by atoms with Gasteiger partial charge < -0.3 is 10.4 Å². The van der Waals surface area contributed by atoms with E-state index in [-0.39, 0.29) is 11.3 Å². The summed E-state index contributed by atoms with van der Waals surface area (Å²) in [5, 5.41) is 21.4. The number of aromatic hydroxyl groups is 1. The van der Waals surface area contributed by atoms with Crippen molar-refractivity contribution in [2.24, 2.45) is 0 Å². The maximum atomic E-state index is 13.7. The summed E-state index contributed by atoms with van der Waals surface area (Å²) in [6.45, 7) is 0. The van der Waals surface area contributed by atoms with Crippen LogP contribution in [0.4, 0.5) is 4.39 Å². The Morgan fingerprint density at radius 1 is 1.24 bits per heavy atom. The summed E-state index contributed by atoms with van der Waals surface area (Å²) < 4.78 is 13.7. The van der Waals surface area contributed by atoms with E-state index in [9.17, 15) is 19.6 Å². The molecule has 0 heterocycles. The second-order valence-electron chi connectivity index (χ2n) is 5.58. The number of phenols is 1. The van der Waals surface area contributed by atoms with Crippen LogP contribution < -0.4 is 5.32 Å². The first-order valence-corrected chi connectivity index (χ1v) is 7.29. The van der Waals surface area contributed by atoms with Gasteiger partial charge >= 0.3 is 0 Å². The van der Waals surface area contributed by atoms with Crippen molar-refractivity contribution in [2.45, 2.75) is 50.5 Å². The minimum absolute atomic E-state index is 0.149. The van der Waals surface area contributed by atoms with Gasteiger partial charge in [0.05, 0.1) is 11.6 Å². The first-order chi connectivity index (χ1) is 10.1. The van der Waals surface area contributed by atoms with Gasteiger partial charge in [-0.3, -0.25) is 4.79 Å². The second kappa shape index (κ2) is 6.57. The van der Waals surface area contributed by atoms with Crippen LogP contribution in [0.2, 0.25) is 0 Å². The summed E-state index contributed by atoms with van der Waals surface area (Å²) in [7, 11) is 0. The smallest absolute Gasteiger partial charge is 0.255 e. The minimum atomic E-state index is -0.915. The standard InChI is InChI=1S/C16H19FN2O2/c17-14-10-12(20)6-7-13(14)15(21)19-16(11-18)8-4-2-1-3-5-9-16/h6-7,10,20H,1-5,8-9H2,(H,19,21). The average Bonchev–Trinajstić information content (AvgIpc) is 2.42. The van der Waals surface area contributed by atoms with Crippen molar-refractivity contribution >= 4 is 5.91 Å². The van der Waals surface area contributed by atoms with Crippen molar-refractivity contribution in [3.63, 3.8) is 0 Å². The van der Waals surface area contributed by atoms with Crippen LogP contribution in [0.15, 0.2) is 18.2 Å². The largest absolute Gasteiger partial charge is 0.508 e. The van der Waals surface area contributed by atoms with Crippen LogP contribution in [-0.2, 0) is 0 Å². The first kappa shape index (κ1) is 15.3. The minimum Gasteiger partial charge on any atom is -0.508 e. The Labute approximate surface area is 123 Å². The van der Waals surface area contributed by atoms with E-state index >= 15 is 0 Å².